The second-order valence-corrected chi connectivity index (χ2v) is 5.01. The minimum Gasteiger partial charge on any atom is -0.480 e. The Kier molecular flexibility index (Phi) is 4.71. The van der Waals surface area contributed by atoms with Crippen LogP contribution in [0.25, 0.3) is 0 Å². The molecule has 82 valence electrons. The van der Waals surface area contributed by atoms with Gasteiger partial charge >= 0.3 is 5.97 Å². The minimum atomic E-state index is -0.906. The van der Waals surface area contributed by atoms with Crippen LogP contribution in [-0.4, -0.2) is 52.7 Å². The zero-order chi connectivity index (χ0) is 10.6. The standard InChI is InChI=1S/C9H18N2O2S/c1-2-7-5-11(3-4-14-7)6-8(10)9(12)13/h7-8H,2-6,10H2,1H3,(H,12,13). The molecule has 4 nitrogen and oxygen atoms in total. The minimum absolute atomic E-state index is 0.479. The summed E-state index contributed by atoms with van der Waals surface area (Å²) in [5, 5.41) is 9.32. The fourth-order valence-corrected chi connectivity index (χ4v) is 2.80. The van der Waals surface area contributed by atoms with E-state index in [1.54, 1.807) is 0 Å². The van der Waals surface area contributed by atoms with Crippen LogP contribution in [0.5, 0.6) is 0 Å². The lowest BCUT2D eigenvalue weighted by Crippen LogP contribution is -2.47. The molecule has 0 bridgehead atoms. The zero-order valence-electron chi connectivity index (χ0n) is 8.48. The SMILES string of the molecule is CCC1CN(CC(N)C(=O)O)CCS1. The molecule has 0 saturated carbocycles. The highest BCUT2D eigenvalue weighted by atomic mass is 32.2. The van der Waals surface area contributed by atoms with Gasteiger partial charge in [0, 0.05) is 30.6 Å². The number of rotatable bonds is 4. The average Bonchev–Trinajstić information content (AvgIpc) is 2.18. The normalized spacial score (nSPS) is 26.0. The maximum Gasteiger partial charge on any atom is 0.321 e. The van der Waals surface area contributed by atoms with Crippen LogP contribution in [0.3, 0.4) is 0 Å². The first-order valence-electron chi connectivity index (χ1n) is 4.95. The molecular weight excluding hydrogens is 200 g/mol. The van der Waals surface area contributed by atoms with Gasteiger partial charge in [-0.15, -0.1) is 0 Å². The molecule has 0 spiro atoms. The monoisotopic (exact) mass is 218 g/mol. The van der Waals surface area contributed by atoms with Crippen LogP contribution in [-0.2, 0) is 4.79 Å². The van der Waals surface area contributed by atoms with Crippen LogP contribution < -0.4 is 5.73 Å². The van der Waals surface area contributed by atoms with E-state index in [-0.39, 0.29) is 0 Å². The Balaban J connectivity index is 2.33. The second-order valence-electron chi connectivity index (χ2n) is 3.61. The van der Waals surface area contributed by atoms with Gasteiger partial charge in [-0.25, -0.2) is 0 Å². The Morgan fingerprint density at radius 2 is 2.50 bits per heavy atom. The van der Waals surface area contributed by atoms with Crippen molar-refractivity contribution in [1.82, 2.24) is 4.90 Å². The Morgan fingerprint density at radius 3 is 3.07 bits per heavy atom. The summed E-state index contributed by atoms with van der Waals surface area (Å²) < 4.78 is 0. The van der Waals surface area contributed by atoms with E-state index in [9.17, 15) is 4.79 Å². The van der Waals surface area contributed by atoms with Crippen LogP contribution in [0.2, 0.25) is 0 Å². The Hall–Kier alpha value is -0.260. The van der Waals surface area contributed by atoms with Crippen molar-refractivity contribution in [3.8, 4) is 0 Å². The number of nitrogens with two attached hydrogens (primary N) is 1. The Labute approximate surface area is 88.8 Å². The van der Waals surface area contributed by atoms with E-state index in [1.165, 1.54) is 0 Å². The van der Waals surface area contributed by atoms with Gasteiger partial charge in [-0.05, 0) is 6.42 Å². The summed E-state index contributed by atoms with van der Waals surface area (Å²) >= 11 is 1.97. The Morgan fingerprint density at radius 1 is 1.79 bits per heavy atom. The molecule has 0 aromatic heterocycles. The predicted octanol–water partition coefficient (Wildman–Crippen LogP) is 0.226. The van der Waals surface area contributed by atoms with Crippen LogP contribution in [0.15, 0.2) is 0 Å². The first-order valence-corrected chi connectivity index (χ1v) is 6.00. The molecule has 1 aliphatic heterocycles. The fourth-order valence-electron chi connectivity index (χ4n) is 1.55. The molecule has 0 aromatic rings. The molecule has 1 rings (SSSR count). The summed E-state index contributed by atoms with van der Waals surface area (Å²) in [6, 6.07) is -0.740. The van der Waals surface area contributed by atoms with E-state index in [4.69, 9.17) is 10.8 Å². The van der Waals surface area contributed by atoms with Gasteiger partial charge in [0.15, 0.2) is 0 Å². The maximum atomic E-state index is 10.6. The molecule has 5 heteroatoms. The molecule has 0 aromatic carbocycles. The summed E-state index contributed by atoms with van der Waals surface area (Å²) in [4.78, 5) is 12.7. The summed E-state index contributed by atoms with van der Waals surface area (Å²) in [5.41, 5.74) is 5.49. The van der Waals surface area contributed by atoms with Gasteiger partial charge in [-0.1, -0.05) is 6.92 Å². The molecule has 1 aliphatic rings. The van der Waals surface area contributed by atoms with Gasteiger partial charge in [-0.2, -0.15) is 11.8 Å². The molecule has 1 heterocycles. The lowest BCUT2D eigenvalue weighted by Gasteiger charge is -2.32. The highest BCUT2D eigenvalue weighted by molar-refractivity contribution is 8.00. The van der Waals surface area contributed by atoms with Gasteiger partial charge in [0.1, 0.15) is 6.04 Å². The molecule has 0 amide bonds. The molecule has 0 radical (unpaired) electrons. The predicted molar refractivity (Wildman–Crippen MR) is 58.6 cm³/mol. The number of hydrogen-bond donors (Lipinski definition) is 2. The lowest BCUT2D eigenvalue weighted by molar-refractivity contribution is -0.139. The van der Waals surface area contributed by atoms with Gasteiger partial charge in [0.25, 0.3) is 0 Å². The van der Waals surface area contributed by atoms with Crippen molar-refractivity contribution in [3.05, 3.63) is 0 Å². The molecule has 0 aliphatic carbocycles. The third-order valence-corrected chi connectivity index (χ3v) is 3.82. The lowest BCUT2D eigenvalue weighted by atomic mass is 10.2. The van der Waals surface area contributed by atoms with Crippen molar-refractivity contribution >= 4 is 17.7 Å². The largest absolute Gasteiger partial charge is 0.480 e. The van der Waals surface area contributed by atoms with Crippen molar-refractivity contribution in [2.45, 2.75) is 24.6 Å². The molecular formula is C9H18N2O2S. The quantitative estimate of drug-likeness (QED) is 0.707. The third-order valence-electron chi connectivity index (χ3n) is 2.45. The summed E-state index contributed by atoms with van der Waals surface area (Å²) in [7, 11) is 0. The van der Waals surface area contributed by atoms with Crippen LogP contribution in [0.1, 0.15) is 13.3 Å². The molecule has 1 saturated heterocycles. The molecule has 1 fully saturated rings. The number of nitrogens with zero attached hydrogens (tertiary/aromatic N) is 1. The number of hydrogen-bond acceptors (Lipinski definition) is 4. The van der Waals surface area contributed by atoms with E-state index in [2.05, 4.69) is 11.8 Å². The van der Waals surface area contributed by atoms with Crippen molar-refractivity contribution in [3.63, 3.8) is 0 Å². The van der Waals surface area contributed by atoms with E-state index in [0.29, 0.717) is 11.8 Å². The highest BCUT2D eigenvalue weighted by Crippen LogP contribution is 2.20. The summed E-state index contributed by atoms with van der Waals surface area (Å²) in [5.74, 6) is 0.182. The van der Waals surface area contributed by atoms with Crippen LogP contribution in [0, 0.1) is 0 Å². The zero-order valence-corrected chi connectivity index (χ0v) is 9.30. The molecule has 2 atom stereocenters. The summed E-state index contributed by atoms with van der Waals surface area (Å²) in [6.07, 6.45) is 1.14. The number of carboxylic acid groups (broad SMARTS) is 1. The second kappa shape index (κ2) is 5.58. The number of thioether (sulfide) groups is 1. The van der Waals surface area contributed by atoms with Gasteiger partial charge in [0.05, 0.1) is 0 Å². The number of aliphatic carboxylic acids is 1. The first-order chi connectivity index (χ1) is 6.63. The molecule has 3 N–H and O–H groups in total. The van der Waals surface area contributed by atoms with E-state index in [1.807, 2.05) is 11.8 Å². The van der Waals surface area contributed by atoms with Crippen molar-refractivity contribution < 1.29 is 9.90 Å². The fraction of sp³-hybridized carbons (Fsp3) is 0.889. The van der Waals surface area contributed by atoms with Gasteiger partial charge in [-0.3, -0.25) is 9.69 Å². The van der Waals surface area contributed by atoms with Crippen LogP contribution in [0.4, 0.5) is 0 Å². The Bertz CT molecular complexity index is 201. The van der Waals surface area contributed by atoms with E-state index in [0.717, 1.165) is 25.3 Å². The first kappa shape index (κ1) is 11.8. The van der Waals surface area contributed by atoms with Crippen LogP contribution >= 0.6 is 11.8 Å². The molecule has 2 unspecified atom stereocenters. The van der Waals surface area contributed by atoms with Gasteiger partial charge < -0.3 is 10.8 Å². The highest BCUT2D eigenvalue weighted by Gasteiger charge is 2.22. The average molecular weight is 218 g/mol. The van der Waals surface area contributed by atoms with Crippen molar-refractivity contribution in [1.29, 1.82) is 0 Å². The van der Waals surface area contributed by atoms with Crippen molar-refractivity contribution in [2.75, 3.05) is 25.4 Å². The van der Waals surface area contributed by atoms with Gasteiger partial charge in [0.2, 0.25) is 0 Å². The maximum absolute atomic E-state index is 10.6. The third kappa shape index (κ3) is 3.48. The molecule has 14 heavy (non-hydrogen) atoms. The topological polar surface area (TPSA) is 66.6 Å². The van der Waals surface area contributed by atoms with E-state index < -0.39 is 12.0 Å². The smallest absolute Gasteiger partial charge is 0.321 e. The number of carbonyl (C=O) groups is 1. The number of carboxylic acids is 1. The van der Waals surface area contributed by atoms with Crippen molar-refractivity contribution in [2.24, 2.45) is 5.73 Å². The summed E-state index contributed by atoms with van der Waals surface area (Å²) in [6.45, 7) is 4.58. The van der Waals surface area contributed by atoms with E-state index >= 15 is 0 Å².